The third-order valence-electron chi connectivity index (χ3n) is 9.14. The Morgan fingerprint density at radius 2 is 1.89 bits per heavy atom. The summed E-state index contributed by atoms with van der Waals surface area (Å²) in [5.74, 6) is 2.07. The highest BCUT2D eigenvalue weighted by atomic mass is 16.2. The number of likely N-dealkylation sites (tertiary alicyclic amines) is 2. The number of piperidine rings is 2. The first-order chi connectivity index (χ1) is 13.6. The molecular weight excluding hydrogens is 346 g/mol. The Morgan fingerprint density at radius 1 is 1.07 bits per heavy atom. The van der Waals surface area contributed by atoms with Crippen molar-refractivity contribution in [3.8, 4) is 0 Å². The average molecular weight is 382 g/mol. The summed E-state index contributed by atoms with van der Waals surface area (Å²) in [7, 11) is 0. The number of allylic oxidation sites excluding steroid dienone is 1. The Labute approximate surface area is 169 Å². The van der Waals surface area contributed by atoms with Gasteiger partial charge in [-0.2, -0.15) is 0 Å². The van der Waals surface area contributed by atoms with E-state index in [4.69, 9.17) is 0 Å². The van der Waals surface area contributed by atoms with Gasteiger partial charge in [0.15, 0.2) is 0 Å². The van der Waals surface area contributed by atoms with E-state index in [2.05, 4.69) is 33.8 Å². The zero-order valence-electron chi connectivity index (χ0n) is 17.5. The minimum absolute atomic E-state index is 0.0373. The van der Waals surface area contributed by atoms with Crippen molar-refractivity contribution in [1.29, 1.82) is 0 Å². The molecule has 0 aromatic rings. The van der Waals surface area contributed by atoms with Crippen LogP contribution in [0.2, 0.25) is 0 Å². The van der Waals surface area contributed by atoms with E-state index in [1.807, 2.05) is 0 Å². The van der Waals surface area contributed by atoms with Crippen LogP contribution in [0.5, 0.6) is 0 Å². The maximum absolute atomic E-state index is 14.1. The summed E-state index contributed by atoms with van der Waals surface area (Å²) in [6, 6.07) is 0. The molecule has 1 amide bonds. The molecule has 3 saturated heterocycles. The lowest BCUT2D eigenvalue weighted by molar-refractivity contribution is -0.158. The lowest BCUT2D eigenvalue weighted by Gasteiger charge is -2.55. The molecule has 5 aliphatic heterocycles. The number of hydrogen-bond acceptors (Lipinski definition) is 3. The first-order valence-corrected chi connectivity index (χ1v) is 11.8. The minimum Gasteiger partial charge on any atom is -0.371 e. The molecule has 1 saturated carbocycles. The summed E-state index contributed by atoms with van der Waals surface area (Å²) in [5.41, 5.74) is 2.77. The second-order valence-corrected chi connectivity index (χ2v) is 10.6. The first-order valence-electron chi connectivity index (χ1n) is 11.8. The van der Waals surface area contributed by atoms with E-state index >= 15 is 0 Å². The fourth-order valence-electron chi connectivity index (χ4n) is 7.21. The van der Waals surface area contributed by atoms with Crippen molar-refractivity contribution >= 4 is 5.91 Å². The molecule has 1 spiro atoms. The summed E-state index contributed by atoms with van der Waals surface area (Å²) in [6.07, 6.45) is 14.5. The zero-order chi connectivity index (χ0) is 18.9. The number of fused-ring (bicyclic) bond motifs is 1. The van der Waals surface area contributed by atoms with Crippen LogP contribution in [0.3, 0.4) is 0 Å². The summed E-state index contributed by atoms with van der Waals surface area (Å²) >= 11 is 0. The Kier molecular flexibility index (Phi) is 3.83. The van der Waals surface area contributed by atoms with E-state index in [1.165, 1.54) is 50.0 Å². The number of carbonyl (C=O) groups excluding carboxylic acids is 1. The summed E-state index contributed by atoms with van der Waals surface area (Å²) < 4.78 is 0. The van der Waals surface area contributed by atoms with E-state index in [1.54, 1.807) is 0 Å². The molecule has 4 bridgehead atoms. The number of rotatable bonds is 3. The molecule has 7 rings (SSSR count). The van der Waals surface area contributed by atoms with Gasteiger partial charge in [-0.1, -0.05) is 6.08 Å². The van der Waals surface area contributed by atoms with Crippen LogP contribution in [0.25, 0.3) is 0 Å². The van der Waals surface area contributed by atoms with Crippen molar-refractivity contribution in [1.82, 2.24) is 14.7 Å². The van der Waals surface area contributed by atoms with Crippen molar-refractivity contribution in [2.24, 2.45) is 17.3 Å². The molecule has 5 heterocycles. The van der Waals surface area contributed by atoms with Gasteiger partial charge in [-0.25, -0.2) is 0 Å². The molecule has 4 nitrogen and oxygen atoms in total. The lowest BCUT2D eigenvalue weighted by Crippen LogP contribution is -2.64. The SMILES string of the molecule is CC1=CC2=CCC1(N1CCCC3(CCN(CC4CC4)CC3)C1=O)C1CCN2C1. The van der Waals surface area contributed by atoms with Gasteiger partial charge in [-0.05, 0) is 88.9 Å². The number of hydrogen-bond donors (Lipinski definition) is 0. The minimum atomic E-state index is -0.0675. The molecular formula is C24H35N3O. The smallest absolute Gasteiger partial charge is 0.229 e. The molecule has 2 unspecified atom stereocenters. The lowest BCUT2D eigenvalue weighted by atomic mass is 9.66. The predicted octanol–water partition coefficient (Wildman–Crippen LogP) is 3.41. The monoisotopic (exact) mass is 381 g/mol. The quantitative estimate of drug-likeness (QED) is 0.750. The largest absolute Gasteiger partial charge is 0.371 e. The van der Waals surface area contributed by atoms with Gasteiger partial charge in [0, 0.05) is 37.8 Å². The predicted molar refractivity (Wildman–Crippen MR) is 111 cm³/mol. The van der Waals surface area contributed by atoms with Crippen molar-refractivity contribution in [2.45, 2.75) is 63.8 Å². The molecule has 0 aromatic carbocycles. The molecule has 152 valence electrons. The van der Waals surface area contributed by atoms with E-state index in [-0.39, 0.29) is 11.0 Å². The van der Waals surface area contributed by atoms with Crippen molar-refractivity contribution in [2.75, 3.05) is 39.3 Å². The van der Waals surface area contributed by atoms with Gasteiger partial charge in [0.2, 0.25) is 5.91 Å². The first kappa shape index (κ1) is 17.6. The number of nitrogens with zero attached hydrogens (tertiary/aromatic N) is 3. The average Bonchev–Trinajstić information content (AvgIpc) is 3.41. The second kappa shape index (κ2) is 6.10. The van der Waals surface area contributed by atoms with Crippen LogP contribution in [0, 0.1) is 17.3 Å². The Balaban J connectivity index is 1.28. The molecule has 0 N–H and O–H groups in total. The number of amides is 1. The van der Waals surface area contributed by atoms with Gasteiger partial charge in [0.05, 0.1) is 11.0 Å². The van der Waals surface area contributed by atoms with Crippen LogP contribution >= 0.6 is 0 Å². The molecule has 4 fully saturated rings. The third-order valence-corrected chi connectivity index (χ3v) is 9.14. The van der Waals surface area contributed by atoms with E-state index < -0.39 is 0 Å². The summed E-state index contributed by atoms with van der Waals surface area (Å²) in [6.45, 7) is 9.15. The van der Waals surface area contributed by atoms with Crippen molar-refractivity contribution in [3.63, 3.8) is 0 Å². The normalized spacial score (nSPS) is 37.3. The Hall–Kier alpha value is -1.29. The fraction of sp³-hybridized carbons (Fsp3) is 0.792. The third kappa shape index (κ3) is 2.42. The van der Waals surface area contributed by atoms with Crippen LogP contribution in [-0.2, 0) is 4.79 Å². The van der Waals surface area contributed by atoms with Crippen LogP contribution in [0.4, 0.5) is 0 Å². The van der Waals surface area contributed by atoms with E-state index in [9.17, 15) is 4.79 Å². The van der Waals surface area contributed by atoms with Gasteiger partial charge in [-0.15, -0.1) is 0 Å². The number of carbonyl (C=O) groups is 1. The highest BCUT2D eigenvalue weighted by Gasteiger charge is 2.57. The summed E-state index contributed by atoms with van der Waals surface area (Å²) in [5, 5.41) is 0. The van der Waals surface area contributed by atoms with Gasteiger partial charge in [-0.3, -0.25) is 4.79 Å². The van der Waals surface area contributed by atoms with E-state index in [0.717, 1.165) is 57.8 Å². The molecule has 7 aliphatic rings. The van der Waals surface area contributed by atoms with Gasteiger partial charge in [0.1, 0.15) is 0 Å². The zero-order valence-corrected chi connectivity index (χ0v) is 17.5. The van der Waals surface area contributed by atoms with Crippen molar-refractivity contribution in [3.05, 3.63) is 23.4 Å². The molecule has 4 heteroatoms. The topological polar surface area (TPSA) is 26.8 Å². The standard InChI is InChI=1S/C24H35N3O/c1-18-15-21-5-8-24(18,20-6-12-26(21)17-20)27-11-2-7-23(22(27)28)9-13-25(14-10-23)16-19-3-4-19/h5,15,19-20H,2-4,6-14,16-17H2,1H3. The highest BCUT2D eigenvalue weighted by Crippen LogP contribution is 2.52. The fourth-order valence-corrected chi connectivity index (χ4v) is 7.21. The van der Waals surface area contributed by atoms with Gasteiger partial charge >= 0.3 is 0 Å². The highest BCUT2D eigenvalue weighted by molar-refractivity contribution is 5.85. The maximum atomic E-state index is 14.1. The summed E-state index contributed by atoms with van der Waals surface area (Å²) in [4.78, 5) is 21.7. The van der Waals surface area contributed by atoms with Crippen LogP contribution in [0.1, 0.15) is 58.3 Å². The molecule has 0 radical (unpaired) electrons. The second-order valence-electron chi connectivity index (χ2n) is 10.6. The molecule has 2 aliphatic carbocycles. The molecule has 28 heavy (non-hydrogen) atoms. The van der Waals surface area contributed by atoms with Gasteiger partial charge in [0.25, 0.3) is 0 Å². The van der Waals surface area contributed by atoms with Crippen LogP contribution in [0.15, 0.2) is 23.4 Å². The molecule has 2 atom stereocenters. The molecule has 0 aromatic heterocycles. The Bertz CT molecular complexity index is 743. The van der Waals surface area contributed by atoms with Crippen LogP contribution < -0.4 is 0 Å². The maximum Gasteiger partial charge on any atom is 0.229 e. The van der Waals surface area contributed by atoms with Crippen LogP contribution in [-0.4, -0.2) is 65.4 Å². The van der Waals surface area contributed by atoms with Gasteiger partial charge < -0.3 is 14.7 Å². The Morgan fingerprint density at radius 3 is 2.64 bits per heavy atom. The van der Waals surface area contributed by atoms with Crippen molar-refractivity contribution < 1.29 is 4.79 Å². The van der Waals surface area contributed by atoms with E-state index in [0.29, 0.717) is 11.8 Å².